The van der Waals surface area contributed by atoms with Crippen LogP contribution in [0.4, 0.5) is 0 Å². The van der Waals surface area contributed by atoms with Crippen LogP contribution in [0, 0.1) is 5.92 Å². The van der Waals surface area contributed by atoms with Crippen molar-refractivity contribution in [3.05, 3.63) is 101 Å². The van der Waals surface area contributed by atoms with Gasteiger partial charge in [-0.15, -0.1) is 0 Å². The summed E-state index contributed by atoms with van der Waals surface area (Å²) in [6.45, 7) is 4.46. The molecule has 1 atom stereocenters. The highest BCUT2D eigenvalue weighted by Crippen LogP contribution is 2.14. The van der Waals surface area contributed by atoms with Crippen LogP contribution in [0.25, 0.3) is 0 Å². The number of carbonyl (C=O) groups excluding carboxylic acids is 2. The number of carbonyl (C=O) groups is 2. The Hall–Kier alpha value is -3.64. The van der Waals surface area contributed by atoms with E-state index in [1.54, 1.807) is 30.5 Å². The maximum Gasteiger partial charge on any atom is 0.262 e. The molecule has 2 N–H and O–H groups in total. The van der Waals surface area contributed by atoms with Crippen molar-refractivity contribution < 1.29 is 14.3 Å². The topological polar surface area (TPSA) is 79.8 Å². The predicted molar refractivity (Wildman–Crippen MR) is 135 cm³/mol. The lowest BCUT2D eigenvalue weighted by molar-refractivity contribution is -0.123. The summed E-state index contributed by atoms with van der Waals surface area (Å²) in [5.41, 5.74) is 4.86. The smallest absolute Gasteiger partial charge is 0.262 e. The molecule has 3 aromatic rings. The molecular weight excluding hydrogens is 450 g/mol. The van der Waals surface area contributed by atoms with Crippen LogP contribution in [0.2, 0.25) is 5.02 Å². The lowest BCUT2D eigenvalue weighted by atomic mass is 10.0. The molecule has 0 saturated heterocycles. The number of nitrogens with zero attached hydrogens (tertiary/aromatic N) is 1. The number of hydrogen-bond donors (Lipinski definition) is 2. The number of halogens is 1. The fourth-order valence-corrected chi connectivity index (χ4v) is 3.31. The third kappa shape index (κ3) is 8.05. The van der Waals surface area contributed by atoms with Crippen LogP contribution in [0.1, 0.15) is 41.8 Å². The second kappa shape index (κ2) is 12.6. The van der Waals surface area contributed by atoms with Crippen LogP contribution in [0.3, 0.4) is 0 Å². The van der Waals surface area contributed by atoms with Crippen molar-refractivity contribution in [2.24, 2.45) is 11.0 Å². The molecule has 0 aliphatic rings. The minimum atomic E-state index is -0.714. The Morgan fingerprint density at radius 1 is 0.971 bits per heavy atom. The van der Waals surface area contributed by atoms with E-state index in [1.807, 2.05) is 68.4 Å². The van der Waals surface area contributed by atoms with Gasteiger partial charge in [-0.1, -0.05) is 55.8 Å². The van der Waals surface area contributed by atoms with Gasteiger partial charge in [-0.3, -0.25) is 9.59 Å². The first-order valence-electron chi connectivity index (χ1n) is 11.1. The minimum absolute atomic E-state index is 0.202. The van der Waals surface area contributed by atoms with Gasteiger partial charge in [-0.05, 0) is 72.0 Å². The molecule has 1 unspecified atom stereocenters. The molecule has 176 valence electrons. The van der Waals surface area contributed by atoms with Gasteiger partial charge in [0.2, 0.25) is 0 Å². The lowest BCUT2D eigenvalue weighted by Crippen LogP contribution is -2.46. The summed E-state index contributed by atoms with van der Waals surface area (Å²) in [5.74, 6) is 0.225. The molecule has 3 aromatic carbocycles. The van der Waals surface area contributed by atoms with Gasteiger partial charge in [-0.2, -0.15) is 5.10 Å². The summed E-state index contributed by atoms with van der Waals surface area (Å²) in [6.07, 6.45) is 2.03. The zero-order valence-electron chi connectivity index (χ0n) is 19.2. The van der Waals surface area contributed by atoms with Gasteiger partial charge in [0.05, 0.1) is 6.21 Å². The average Bonchev–Trinajstić information content (AvgIpc) is 2.84. The number of rotatable bonds is 10. The van der Waals surface area contributed by atoms with Crippen molar-refractivity contribution in [1.29, 1.82) is 0 Å². The number of amides is 2. The second-order valence-electron chi connectivity index (χ2n) is 8.24. The number of hydrogen-bond acceptors (Lipinski definition) is 4. The van der Waals surface area contributed by atoms with E-state index < -0.39 is 6.04 Å². The highest BCUT2D eigenvalue weighted by Gasteiger charge is 2.22. The Morgan fingerprint density at radius 3 is 2.29 bits per heavy atom. The van der Waals surface area contributed by atoms with Crippen LogP contribution in [0.5, 0.6) is 5.75 Å². The van der Waals surface area contributed by atoms with Crippen molar-refractivity contribution in [1.82, 2.24) is 10.7 Å². The van der Waals surface area contributed by atoms with E-state index in [-0.39, 0.29) is 17.7 Å². The Kier molecular flexibility index (Phi) is 9.23. The Morgan fingerprint density at radius 2 is 1.65 bits per heavy atom. The van der Waals surface area contributed by atoms with Gasteiger partial charge in [0, 0.05) is 10.6 Å². The quantitative estimate of drug-likeness (QED) is 0.310. The molecule has 7 heteroatoms. The molecule has 0 fully saturated rings. The molecule has 0 spiro atoms. The molecule has 0 bridgehead atoms. The largest absolute Gasteiger partial charge is 0.489 e. The number of ether oxygens (including phenoxy) is 1. The van der Waals surface area contributed by atoms with Crippen LogP contribution in [-0.4, -0.2) is 24.1 Å². The summed E-state index contributed by atoms with van der Waals surface area (Å²) >= 11 is 5.88. The zero-order chi connectivity index (χ0) is 24.3. The monoisotopic (exact) mass is 477 g/mol. The van der Waals surface area contributed by atoms with Gasteiger partial charge in [0.15, 0.2) is 0 Å². The zero-order valence-corrected chi connectivity index (χ0v) is 20.0. The van der Waals surface area contributed by atoms with Crippen molar-refractivity contribution in [2.45, 2.75) is 32.9 Å². The maximum absolute atomic E-state index is 12.7. The molecule has 2 amide bonds. The van der Waals surface area contributed by atoms with Crippen LogP contribution < -0.4 is 15.5 Å². The molecule has 0 aliphatic heterocycles. The highest BCUT2D eigenvalue weighted by molar-refractivity contribution is 6.30. The van der Waals surface area contributed by atoms with Crippen molar-refractivity contribution in [3.63, 3.8) is 0 Å². The standard InChI is InChI=1S/C27H28ClN3O3/c1-19(2)16-25(30-26(32)22-10-12-23(28)13-11-22)27(33)31-29-17-20-8-14-24(15-9-20)34-18-21-6-4-3-5-7-21/h3-15,17,19,25H,16,18H2,1-2H3,(H,30,32)(H,31,33). The number of hydrazone groups is 1. The predicted octanol–water partition coefficient (Wildman–Crippen LogP) is 5.21. The first-order valence-corrected chi connectivity index (χ1v) is 11.4. The third-order valence-corrected chi connectivity index (χ3v) is 5.20. The van der Waals surface area contributed by atoms with Crippen LogP contribution >= 0.6 is 11.6 Å². The van der Waals surface area contributed by atoms with Crippen molar-refractivity contribution in [2.75, 3.05) is 0 Å². The summed E-state index contributed by atoms with van der Waals surface area (Å²) in [4.78, 5) is 25.2. The molecule has 0 heterocycles. The molecule has 0 aromatic heterocycles. The van der Waals surface area contributed by atoms with E-state index >= 15 is 0 Å². The molecule has 6 nitrogen and oxygen atoms in total. The SMILES string of the molecule is CC(C)CC(NC(=O)c1ccc(Cl)cc1)C(=O)NN=Cc1ccc(OCc2ccccc2)cc1. The number of nitrogens with one attached hydrogen (secondary N) is 2. The minimum Gasteiger partial charge on any atom is -0.489 e. The van der Waals surface area contributed by atoms with Crippen LogP contribution in [-0.2, 0) is 11.4 Å². The average molecular weight is 478 g/mol. The van der Waals surface area contributed by atoms with E-state index in [0.29, 0.717) is 23.6 Å². The second-order valence-corrected chi connectivity index (χ2v) is 8.68. The van der Waals surface area contributed by atoms with Gasteiger partial charge in [-0.25, -0.2) is 5.43 Å². The van der Waals surface area contributed by atoms with E-state index in [1.165, 1.54) is 0 Å². The molecule has 0 aliphatic carbocycles. The normalized spacial score (nSPS) is 11.9. The van der Waals surface area contributed by atoms with E-state index in [2.05, 4.69) is 15.8 Å². The maximum atomic E-state index is 12.7. The van der Waals surface area contributed by atoms with Crippen molar-refractivity contribution >= 4 is 29.6 Å². The Bertz CT molecular complexity index is 1100. The summed E-state index contributed by atoms with van der Waals surface area (Å²) in [5, 5.41) is 7.37. The molecule has 0 radical (unpaired) electrons. The van der Waals surface area contributed by atoms with Crippen LogP contribution in [0.15, 0.2) is 84.0 Å². The number of benzene rings is 3. The molecular formula is C27H28ClN3O3. The fraction of sp³-hybridized carbons (Fsp3) is 0.222. The summed E-state index contributed by atoms with van der Waals surface area (Å²) in [6, 6.07) is 23.1. The summed E-state index contributed by atoms with van der Waals surface area (Å²) < 4.78 is 5.78. The Balaban J connectivity index is 1.54. The van der Waals surface area contributed by atoms with E-state index in [4.69, 9.17) is 16.3 Å². The van der Waals surface area contributed by atoms with Crippen molar-refractivity contribution in [3.8, 4) is 5.75 Å². The fourth-order valence-electron chi connectivity index (χ4n) is 3.19. The summed E-state index contributed by atoms with van der Waals surface area (Å²) in [7, 11) is 0. The highest BCUT2D eigenvalue weighted by atomic mass is 35.5. The molecule has 34 heavy (non-hydrogen) atoms. The lowest BCUT2D eigenvalue weighted by Gasteiger charge is -2.19. The third-order valence-electron chi connectivity index (χ3n) is 4.95. The van der Waals surface area contributed by atoms with Gasteiger partial charge in [0.25, 0.3) is 11.8 Å². The Labute approximate surface area is 205 Å². The first kappa shape index (κ1) is 25.0. The van der Waals surface area contributed by atoms with Gasteiger partial charge in [0.1, 0.15) is 18.4 Å². The van der Waals surface area contributed by atoms with E-state index in [9.17, 15) is 9.59 Å². The van der Waals surface area contributed by atoms with Gasteiger partial charge < -0.3 is 10.1 Å². The molecule has 0 saturated carbocycles. The van der Waals surface area contributed by atoms with E-state index in [0.717, 1.165) is 16.9 Å². The first-order chi connectivity index (χ1) is 16.4. The molecule has 3 rings (SSSR count). The van der Waals surface area contributed by atoms with Gasteiger partial charge >= 0.3 is 0 Å².